The van der Waals surface area contributed by atoms with Gasteiger partial charge in [-0.3, -0.25) is 9.78 Å². The van der Waals surface area contributed by atoms with Crippen LogP contribution in [-0.2, 0) is 22.5 Å². The Kier molecular flexibility index (Phi) is 5.08. The number of esters is 1. The van der Waals surface area contributed by atoms with Gasteiger partial charge in [-0.25, -0.2) is 13.2 Å². The Balaban J connectivity index is 3.05. The van der Waals surface area contributed by atoms with Crippen molar-refractivity contribution in [2.45, 2.75) is 26.3 Å². The van der Waals surface area contributed by atoms with Crippen LogP contribution in [-0.4, -0.2) is 17.6 Å². The molecule has 0 fully saturated rings. The summed E-state index contributed by atoms with van der Waals surface area (Å²) in [7, 11) is 0. The van der Waals surface area contributed by atoms with E-state index in [2.05, 4.69) is 9.72 Å². The quantitative estimate of drug-likeness (QED) is 0.820. The molecule has 2 N–H and O–H groups in total. The molecule has 0 atom stereocenters. The van der Waals surface area contributed by atoms with Crippen molar-refractivity contribution in [2.24, 2.45) is 5.73 Å². The standard InChI is InChI=1S/C11H13F3N2O2/c1-2-18-8(17)3-6-5-16-10(11(13)14)7(4-15)9(6)12/h5,11H,2-4,15H2,1H3. The van der Waals surface area contributed by atoms with Crippen LogP contribution in [0.1, 0.15) is 30.2 Å². The summed E-state index contributed by atoms with van der Waals surface area (Å²) in [5.41, 5.74) is 4.06. The zero-order valence-electron chi connectivity index (χ0n) is 9.75. The molecule has 100 valence electrons. The lowest BCUT2D eigenvalue weighted by Crippen LogP contribution is -2.14. The molecule has 18 heavy (non-hydrogen) atoms. The lowest BCUT2D eigenvalue weighted by Gasteiger charge is -2.10. The van der Waals surface area contributed by atoms with Gasteiger partial charge in [0.25, 0.3) is 6.43 Å². The van der Waals surface area contributed by atoms with E-state index >= 15 is 0 Å². The topological polar surface area (TPSA) is 65.2 Å². The van der Waals surface area contributed by atoms with Gasteiger partial charge >= 0.3 is 5.97 Å². The minimum atomic E-state index is -2.91. The maximum absolute atomic E-state index is 13.8. The van der Waals surface area contributed by atoms with E-state index in [1.165, 1.54) is 0 Å². The lowest BCUT2D eigenvalue weighted by atomic mass is 10.1. The fourth-order valence-corrected chi connectivity index (χ4v) is 1.46. The van der Waals surface area contributed by atoms with E-state index in [1.807, 2.05) is 0 Å². The predicted octanol–water partition coefficient (Wildman–Crippen LogP) is 1.72. The Morgan fingerprint density at radius 1 is 1.56 bits per heavy atom. The highest BCUT2D eigenvalue weighted by Crippen LogP contribution is 2.24. The normalized spacial score (nSPS) is 10.8. The number of hydrogen-bond acceptors (Lipinski definition) is 4. The molecule has 4 nitrogen and oxygen atoms in total. The number of ether oxygens (including phenoxy) is 1. The molecule has 0 unspecified atom stereocenters. The SMILES string of the molecule is CCOC(=O)Cc1cnc(C(F)F)c(CN)c1F. The van der Waals surface area contributed by atoms with E-state index in [1.54, 1.807) is 6.92 Å². The van der Waals surface area contributed by atoms with Crippen LogP contribution in [0.4, 0.5) is 13.2 Å². The number of hydrogen-bond donors (Lipinski definition) is 1. The molecule has 0 aliphatic carbocycles. The second-order valence-corrected chi connectivity index (χ2v) is 3.45. The average molecular weight is 262 g/mol. The van der Waals surface area contributed by atoms with Crippen LogP contribution < -0.4 is 5.73 Å². The van der Waals surface area contributed by atoms with Gasteiger partial charge < -0.3 is 10.5 Å². The van der Waals surface area contributed by atoms with Crippen molar-refractivity contribution in [3.8, 4) is 0 Å². The number of rotatable bonds is 5. The zero-order valence-corrected chi connectivity index (χ0v) is 9.75. The Bertz CT molecular complexity index is 439. The number of carbonyl (C=O) groups excluding carboxylic acids is 1. The Morgan fingerprint density at radius 3 is 2.72 bits per heavy atom. The van der Waals surface area contributed by atoms with Gasteiger partial charge in [0.1, 0.15) is 11.5 Å². The van der Waals surface area contributed by atoms with Crippen molar-refractivity contribution in [3.63, 3.8) is 0 Å². The molecule has 0 aliphatic heterocycles. The van der Waals surface area contributed by atoms with E-state index in [9.17, 15) is 18.0 Å². The molecular weight excluding hydrogens is 249 g/mol. The minimum Gasteiger partial charge on any atom is -0.466 e. The van der Waals surface area contributed by atoms with E-state index in [0.29, 0.717) is 0 Å². The van der Waals surface area contributed by atoms with Gasteiger partial charge in [-0.1, -0.05) is 0 Å². The highest BCUT2D eigenvalue weighted by atomic mass is 19.3. The van der Waals surface area contributed by atoms with Crippen LogP contribution in [0, 0.1) is 5.82 Å². The van der Waals surface area contributed by atoms with Gasteiger partial charge in [0.2, 0.25) is 0 Å². The number of alkyl halides is 2. The molecule has 1 aromatic rings. The molecule has 0 saturated heterocycles. The molecule has 1 rings (SSSR count). The van der Waals surface area contributed by atoms with E-state index in [0.717, 1.165) is 6.20 Å². The zero-order chi connectivity index (χ0) is 13.7. The molecule has 7 heteroatoms. The van der Waals surface area contributed by atoms with Gasteiger partial charge in [0.15, 0.2) is 0 Å². The largest absolute Gasteiger partial charge is 0.466 e. The second kappa shape index (κ2) is 6.34. The summed E-state index contributed by atoms with van der Waals surface area (Å²) >= 11 is 0. The highest BCUT2D eigenvalue weighted by Gasteiger charge is 2.21. The van der Waals surface area contributed by atoms with Crippen LogP contribution in [0.2, 0.25) is 0 Å². The Morgan fingerprint density at radius 2 is 2.22 bits per heavy atom. The third-order valence-corrected chi connectivity index (χ3v) is 2.27. The molecule has 0 bridgehead atoms. The maximum atomic E-state index is 13.8. The first-order chi connectivity index (χ1) is 8.51. The van der Waals surface area contributed by atoms with Crippen molar-refractivity contribution in [2.75, 3.05) is 6.61 Å². The molecule has 0 amide bonds. The molecule has 1 aromatic heterocycles. The number of pyridine rings is 1. The van der Waals surface area contributed by atoms with Crippen molar-refractivity contribution in [3.05, 3.63) is 28.8 Å². The molecule has 0 spiro atoms. The van der Waals surface area contributed by atoms with Gasteiger partial charge in [0, 0.05) is 23.9 Å². The average Bonchev–Trinajstić information content (AvgIpc) is 2.31. The highest BCUT2D eigenvalue weighted by molar-refractivity contribution is 5.72. The maximum Gasteiger partial charge on any atom is 0.310 e. The van der Waals surface area contributed by atoms with Gasteiger partial charge in [-0.15, -0.1) is 0 Å². The predicted molar refractivity (Wildman–Crippen MR) is 57.4 cm³/mol. The molecule has 0 aliphatic rings. The summed E-state index contributed by atoms with van der Waals surface area (Å²) in [4.78, 5) is 14.6. The first-order valence-electron chi connectivity index (χ1n) is 5.31. The van der Waals surface area contributed by atoms with Crippen LogP contribution in [0.5, 0.6) is 0 Å². The third kappa shape index (κ3) is 3.19. The fourth-order valence-electron chi connectivity index (χ4n) is 1.46. The summed E-state index contributed by atoms with van der Waals surface area (Å²) in [5, 5.41) is 0. The Labute approximate surface area is 102 Å². The van der Waals surface area contributed by atoms with E-state index in [-0.39, 0.29) is 24.2 Å². The molecule has 0 aromatic carbocycles. The minimum absolute atomic E-state index is 0.0988. The van der Waals surface area contributed by atoms with Gasteiger partial charge in [-0.2, -0.15) is 0 Å². The fraction of sp³-hybridized carbons (Fsp3) is 0.455. The van der Waals surface area contributed by atoms with Gasteiger partial charge in [-0.05, 0) is 6.92 Å². The van der Waals surface area contributed by atoms with Crippen molar-refractivity contribution < 1.29 is 22.7 Å². The van der Waals surface area contributed by atoms with Crippen LogP contribution >= 0.6 is 0 Å². The summed E-state index contributed by atoms with van der Waals surface area (Å²) in [6.45, 7) is 1.36. The third-order valence-electron chi connectivity index (χ3n) is 2.27. The monoisotopic (exact) mass is 262 g/mol. The number of aromatic nitrogens is 1. The molecule has 1 heterocycles. The first kappa shape index (κ1) is 14.4. The first-order valence-corrected chi connectivity index (χ1v) is 5.31. The van der Waals surface area contributed by atoms with Crippen molar-refractivity contribution >= 4 is 5.97 Å². The lowest BCUT2D eigenvalue weighted by molar-refractivity contribution is -0.142. The number of nitrogens with two attached hydrogens (primary N) is 1. The summed E-state index contributed by atoms with van der Waals surface area (Å²) in [6.07, 6.45) is -2.36. The van der Waals surface area contributed by atoms with Crippen LogP contribution in [0.25, 0.3) is 0 Å². The second-order valence-electron chi connectivity index (χ2n) is 3.45. The van der Waals surface area contributed by atoms with Crippen molar-refractivity contribution in [1.29, 1.82) is 0 Å². The smallest absolute Gasteiger partial charge is 0.310 e. The molecule has 0 saturated carbocycles. The van der Waals surface area contributed by atoms with Crippen molar-refractivity contribution in [1.82, 2.24) is 4.98 Å². The molecule has 0 radical (unpaired) electrons. The summed E-state index contributed by atoms with van der Waals surface area (Å²) in [5.74, 6) is -1.57. The van der Waals surface area contributed by atoms with E-state index < -0.39 is 30.5 Å². The number of halogens is 3. The van der Waals surface area contributed by atoms with E-state index in [4.69, 9.17) is 5.73 Å². The van der Waals surface area contributed by atoms with Crippen LogP contribution in [0.3, 0.4) is 0 Å². The van der Waals surface area contributed by atoms with Gasteiger partial charge in [0.05, 0.1) is 13.0 Å². The van der Waals surface area contributed by atoms with Crippen LogP contribution in [0.15, 0.2) is 6.20 Å². The summed E-state index contributed by atoms with van der Waals surface area (Å²) in [6, 6.07) is 0. The molecular formula is C11H13F3N2O2. The number of nitrogens with zero attached hydrogens (tertiary/aromatic N) is 1. The summed E-state index contributed by atoms with van der Waals surface area (Å²) < 4.78 is 43.5. The number of carbonyl (C=O) groups is 1. The Hall–Kier alpha value is -1.63.